The quantitative estimate of drug-likeness (QED) is 0.311. The van der Waals surface area contributed by atoms with Crippen molar-refractivity contribution in [1.82, 2.24) is 19.9 Å². The standard InChI is InChI=1S/C19H21N9O2/c1-3-27(4-2)19-24-17(22-15-5-7-16(8-6-15)28(29)30)23-18(25-19)26-21-13-14-9-11-20-12-10-14/h5-13H,3-4H2,1-2H3,(H2,22,23,24,25,26)/b21-13-. The number of benzene rings is 1. The summed E-state index contributed by atoms with van der Waals surface area (Å²) in [5, 5.41) is 18.0. The van der Waals surface area contributed by atoms with Crippen LogP contribution >= 0.6 is 0 Å². The number of nitro benzene ring substituents is 1. The van der Waals surface area contributed by atoms with Crippen molar-refractivity contribution in [2.24, 2.45) is 5.10 Å². The van der Waals surface area contributed by atoms with Gasteiger partial charge in [0.05, 0.1) is 11.1 Å². The third-order valence-electron chi connectivity index (χ3n) is 4.09. The lowest BCUT2D eigenvalue weighted by Gasteiger charge is -2.19. The first kappa shape index (κ1) is 20.6. The summed E-state index contributed by atoms with van der Waals surface area (Å²) in [6, 6.07) is 9.64. The summed E-state index contributed by atoms with van der Waals surface area (Å²) in [5.74, 6) is 1.05. The van der Waals surface area contributed by atoms with Gasteiger partial charge in [-0.3, -0.25) is 15.1 Å². The van der Waals surface area contributed by atoms with Gasteiger partial charge < -0.3 is 10.2 Å². The predicted molar refractivity (Wildman–Crippen MR) is 115 cm³/mol. The zero-order chi connectivity index (χ0) is 21.3. The smallest absolute Gasteiger partial charge is 0.269 e. The number of hydrazone groups is 1. The molecule has 2 N–H and O–H groups in total. The molecule has 0 saturated heterocycles. The highest BCUT2D eigenvalue weighted by molar-refractivity contribution is 5.79. The van der Waals surface area contributed by atoms with Crippen LogP contribution in [0.2, 0.25) is 0 Å². The molecule has 0 atom stereocenters. The average molecular weight is 407 g/mol. The van der Waals surface area contributed by atoms with E-state index in [1.54, 1.807) is 30.7 Å². The Kier molecular flexibility index (Phi) is 6.77. The normalized spacial score (nSPS) is 10.7. The van der Waals surface area contributed by atoms with Crippen molar-refractivity contribution >= 4 is 35.4 Å². The van der Waals surface area contributed by atoms with Crippen LogP contribution in [0.3, 0.4) is 0 Å². The Bertz CT molecular complexity index is 1010. The van der Waals surface area contributed by atoms with Crippen molar-refractivity contribution in [3.63, 3.8) is 0 Å². The van der Waals surface area contributed by atoms with Crippen molar-refractivity contribution in [2.45, 2.75) is 13.8 Å². The zero-order valence-electron chi connectivity index (χ0n) is 16.6. The van der Waals surface area contributed by atoms with Crippen LogP contribution in [0.4, 0.5) is 29.2 Å². The van der Waals surface area contributed by atoms with Crippen LogP contribution in [0.15, 0.2) is 53.9 Å². The largest absolute Gasteiger partial charge is 0.341 e. The summed E-state index contributed by atoms with van der Waals surface area (Å²) >= 11 is 0. The third kappa shape index (κ3) is 5.44. The minimum atomic E-state index is -0.450. The lowest BCUT2D eigenvalue weighted by Crippen LogP contribution is -2.25. The fourth-order valence-electron chi connectivity index (χ4n) is 2.53. The second-order valence-corrected chi connectivity index (χ2v) is 6.03. The Morgan fingerprint density at radius 1 is 1.03 bits per heavy atom. The maximum absolute atomic E-state index is 10.8. The van der Waals surface area contributed by atoms with E-state index in [4.69, 9.17) is 0 Å². The van der Waals surface area contributed by atoms with Crippen molar-refractivity contribution < 1.29 is 4.92 Å². The number of nitrogens with one attached hydrogen (secondary N) is 2. The molecule has 0 fully saturated rings. The molecular weight excluding hydrogens is 386 g/mol. The van der Waals surface area contributed by atoms with E-state index in [0.717, 1.165) is 18.7 Å². The molecule has 0 radical (unpaired) electrons. The number of nitro groups is 1. The van der Waals surface area contributed by atoms with Gasteiger partial charge in [0, 0.05) is 43.3 Å². The fraction of sp³-hybridized carbons (Fsp3) is 0.211. The van der Waals surface area contributed by atoms with Gasteiger partial charge in [0.25, 0.3) is 5.69 Å². The SMILES string of the molecule is CCN(CC)c1nc(N/N=C\c2ccncc2)nc(Nc2ccc([N+](=O)[O-])cc2)n1. The van der Waals surface area contributed by atoms with Crippen LogP contribution in [0.5, 0.6) is 0 Å². The Labute approximate surface area is 173 Å². The number of hydrogen-bond acceptors (Lipinski definition) is 10. The topological polar surface area (TPSA) is 134 Å². The van der Waals surface area contributed by atoms with Crippen molar-refractivity contribution in [3.8, 4) is 0 Å². The van der Waals surface area contributed by atoms with E-state index in [9.17, 15) is 10.1 Å². The third-order valence-corrected chi connectivity index (χ3v) is 4.09. The van der Waals surface area contributed by atoms with Crippen LogP contribution in [0.25, 0.3) is 0 Å². The molecule has 0 unspecified atom stereocenters. The van der Waals surface area contributed by atoms with Gasteiger partial charge in [0.15, 0.2) is 0 Å². The summed E-state index contributed by atoms with van der Waals surface area (Å²) < 4.78 is 0. The highest BCUT2D eigenvalue weighted by atomic mass is 16.6. The number of non-ortho nitro benzene ring substituents is 1. The number of rotatable bonds is 9. The highest BCUT2D eigenvalue weighted by Crippen LogP contribution is 2.20. The number of pyridine rings is 1. The maximum Gasteiger partial charge on any atom is 0.269 e. The van der Waals surface area contributed by atoms with Crippen LogP contribution in [-0.2, 0) is 0 Å². The summed E-state index contributed by atoms with van der Waals surface area (Å²) in [4.78, 5) is 29.5. The van der Waals surface area contributed by atoms with E-state index in [2.05, 4.69) is 35.8 Å². The summed E-state index contributed by atoms with van der Waals surface area (Å²) in [6.07, 6.45) is 4.98. The molecule has 30 heavy (non-hydrogen) atoms. The van der Waals surface area contributed by atoms with Crippen molar-refractivity contribution in [1.29, 1.82) is 0 Å². The Balaban J connectivity index is 1.84. The molecule has 0 aliphatic rings. The van der Waals surface area contributed by atoms with E-state index in [-0.39, 0.29) is 11.6 Å². The van der Waals surface area contributed by atoms with Crippen LogP contribution < -0.4 is 15.6 Å². The van der Waals surface area contributed by atoms with Crippen molar-refractivity contribution in [3.05, 3.63) is 64.5 Å². The van der Waals surface area contributed by atoms with Crippen LogP contribution in [-0.4, -0.2) is 44.2 Å². The van der Waals surface area contributed by atoms with Gasteiger partial charge in [0.1, 0.15) is 0 Å². The number of aromatic nitrogens is 4. The maximum atomic E-state index is 10.8. The predicted octanol–water partition coefficient (Wildman–Crippen LogP) is 3.21. The first-order chi connectivity index (χ1) is 14.6. The van der Waals surface area contributed by atoms with Gasteiger partial charge in [-0.2, -0.15) is 20.1 Å². The highest BCUT2D eigenvalue weighted by Gasteiger charge is 2.12. The molecule has 0 saturated carbocycles. The first-order valence-electron chi connectivity index (χ1n) is 9.30. The van der Waals surface area contributed by atoms with Crippen molar-refractivity contribution in [2.75, 3.05) is 28.7 Å². The van der Waals surface area contributed by atoms with Crippen LogP contribution in [0.1, 0.15) is 19.4 Å². The summed E-state index contributed by atoms with van der Waals surface area (Å²) in [5.41, 5.74) is 4.31. The van der Waals surface area contributed by atoms with Gasteiger partial charge in [-0.15, -0.1) is 0 Å². The molecule has 0 aliphatic carbocycles. The monoisotopic (exact) mass is 407 g/mol. The molecule has 154 valence electrons. The molecule has 0 bridgehead atoms. The van der Waals surface area contributed by atoms with E-state index in [1.807, 2.05) is 30.9 Å². The fourth-order valence-corrected chi connectivity index (χ4v) is 2.53. The molecule has 2 aromatic heterocycles. The molecule has 0 amide bonds. The number of hydrogen-bond donors (Lipinski definition) is 2. The molecule has 0 aliphatic heterocycles. The van der Waals surface area contributed by atoms with E-state index in [0.29, 0.717) is 17.6 Å². The Morgan fingerprint density at radius 2 is 1.70 bits per heavy atom. The van der Waals surface area contributed by atoms with Gasteiger partial charge in [0.2, 0.25) is 17.8 Å². The van der Waals surface area contributed by atoms with E-state index >= 15 is 0 Å². The molecule has 3 aromatic rings. The average Bonchev–Trinajstić information content (AvgIpc) is 2.76. The lowest BCUT2D eigenvalue weighted by molar-refractivity contribution is -0.384. The van der Waals surface area contributed by atoms with Gasteiger partial charge in [-0.25, -0.2) is 5.43 Å². The van der Waals surface area contributed by atoms with E-state index in [1.165, 1.54) is 12.1 Å². The zero-order valence-corrected chi connectivity index (χ0v) is 16.6. The molecule has 3 rings (SSSR count). The van der Waals surface area contributed by atoms with Gasteiger partial charge in [-0.05, 0) is 43.7 Å². The number of anilines is 4. The van der Waals surface area contributed by atoms with Gasteiger partial charge >= 0.3 is 0 Å². The minimum absolute atomic E-state index is 0.00725. The Morgan fingerprint density at radius 3 is 2.33 bits per heavy atom. The molecule has 11 nitrogen and oxygen atoms in total. The summed E-state index contributed by atoms with van der Waals surface area (Å²) in [7, 11) is 0. The lowest BCUT2D eigenvalue weighted by atomic mass is 10.3. The number of nitrogens with zero attached hydrogens (tertiary/aromatic N) is 7. The summed E-state index contributed by atoms with van der Waals surface area (Å²) in [6.45, 7) is 5.45. The molecule has 11 heteroatoms. The van der Waals surface area contributed by atoms with Crippen LogP contribution in [0, 0.1) is 10.1 Å². The van der Waals surface area contributed by atoms with E-state index < -0.39 is 4.92 Å². The molecule has 2 heterocycles. The molecular formula is C19H21N9O2. The van der Waals surface area contributed by atoms with Gasteiger partial charge in [-0.1, -0.05) is 0 Å². The second kappa shape index (κ2) is 9.87. The first-order valence-corrected chi connectivity index (χ1v) is 9.30. The minimum Gasteiger partial charge on any atom is -0.341 e. The molecule has 0 spiro atoms. The molecule has 1 aromatic carbocycles. The second-order valence-electron chi connectivity index (χ2n) is 6.03. The Hall–Kier alpha value is -4.15.